The molecule has 0 aliphatic carbocycles. The number of amides is 2. The molecule has 1 fully saturated rings. The second-order valence-electron chi connectivity index (χ2n) is 6.95. The lowest BCUT2D eigenvalue weighted by atomic mass is 9.85. The highest BCUT2D eigenvalue weighted by atomic mass is 19.1. The van der Waals surface area contributed by atoms with Gasteiger partial charge in [0.1, 0.15) is 11.4 Å². The van der Waals surface area contributed by atoms with Gasteiger partial charge in [-0.25, -0.2) is 4.39 Å². The number of benzene rings is 1. The number of nitrogens with zero attached hydrogens (tertiary/aromatic N) is 3. The first-order valence-corrected chi connectivity index (χ1v) is 8.86. The van der Waals surface area contributed by atoms with E-state index in [1.807, 2.05) is 0 Å². The molecule has 0 radical (unpaired) electrons. The van der Waals surface area contributed by atoms with Crippen LogP contribution >= 0.6 is 0 Å². The fourth-order valence-electron chi connectivity index (χ4n) is 3.43. The lowest BCUT2D eigenvalue weighted by molar-refractivity contribution is -0.135. The SMILES string of the molecule is CN(C)C(=O)C1(Nc2cccc(F)c2)CCN(C(=O)c2ccncc2)CC1. The van der Waals surface area contributed by atoms with E-state index in [1.165, 1.54) is 17.0 Å². The smallest absolute Gasteiger partial charge is 0.253 e. The summed E-state index contributed by atoms with van der Waals surface area (Å²) in [5.74, 6) is -0.519. The standard InChI is InChI=1S/C20H23FN4O2/c1-24(2)19(27)20(23-17-5-3-4-16(21)14-17)8-12-25(13-9-20)18(26)15-6-10-22-11-7-15/h3-7,10-11,14,23H,8-9,12-13H2,1-2H3. The zero-order valence-corrected chi connectivity index (χ0v) is 15.5. The van der Waals surface area contributed by atoms with Crippen molar-refractivity contribution in [2.75, 3.05) is 32.5 Å². The van der Waals surface area contributed by atoms with Crippen LogP contribution in [0.3, 0.4) is 0 Å². The number of nitrogens with one attached hydrogen (secondary N) is 1. The number of aromatic nitrogens is 1. The van der Waals surface area contributed by atoms with Gasteiger partial charge < -0.3 is 15.1 Å². The molecule has 0 unspecified atom stereocenters. The van der Waals surface area contributed by atoms with Crippen molar-refractivity contribution >= 4 is 17.5 Å². The van der Waals surface area contributed by atoms with E-state index in [-0.39, 0.29) is 17.6 Å². The molecule has 1 aromatic heterocycles. The molecule has 2 heterocycles. The lowest BCUT2D eigenvalue weighted by Gasteiger charge is -2.43. The summed E-state index contributed by atoms with van der Waals surface area (Å²) in [5, 5.41) is 3.24. The Hall–Kier alpha value is -2.96. The van der Waals surface area contributed by atoms with Crippen LogP contribution in [-0.4, -0.2) is 59.3 Å². The van der Waals surface area contributed by atoms with Crippen LogP contribution in [0.4, 0.5) is 10.1 Å². The molecule has 142 valence electrons. The van der Waals surface area contributed by atoms with Crippen molar-refractivity contribution in [1.82, 2.24) is 14.8 Å². The van der Waals surface area contributed by atoms with Crippen LogP contribution in [0.25, 0.3) is 0 Å². The zero-order chi connectivity index (χ0) is 19.4. The Morgan fingerprint density at radius 3 is 2.41 bits per heavy atom. The van der Waals surface area contributed by atoms with Crippen molar-refractivity contribution < 1.29 is 14.0 Å². The van der Waals surface area contributed by atoms with E-state index >= 15 is 0 Å². The van der Waals surface area contributed by atoms with Crippen LogP contribution in [0.5, 0.6) is 0 Å². The Bertz CT molecular complexity index is 818. The number of carbonyl (C=O) groups is 2. The highest BCUT2D eigenvalue weighted by molar-refractivity contribution is 5.95. The Balaban J connectivity index is 1.78. The maximum atomic E-state index is 13.6. The van der Waals surface area contributed by atoms with Gasteiger partial charge in [-0.15, -0.1) is 0 Å². The number of hydrogen-bond donors (Lipinski definition) is 1. The van der Waals surface area contributed by atoms with Crippen LogP contribution in [0.15, 0.2) is 48.8 Å². The van der Waals surface area contributed by atoms with E-state index in [2.05, 4.69) is 10.3 Å². The van der Waals surface area contributed by atoms with Crippen LogP contribution in [0.2, 0.25) is 0 Å². The minimum atomic E-state index is -0.869. The highest BCUT2D eigenvalue weighted by Crippen LogP contribution is 2.30. The fourth-order valence-corrected chi connectivity index (χ4v) is 3.43. The molecule has 1 N–H and O–H groups in total. The van der Waals surface area contributed by atoms with Crippen LogP contribution in [-0.2, 0) is 4.79 Å². The maximum absolute atomic E-state index is 13.6. The second-order valence-corrected chi connectivity index (χ2v) is 6.95. The van der Waals surface area contributed by atoms with Crippen LogP contribution in [0.1, 0.15) is 23.2 Å². The molecule has 2 aromatic rings. The minimum Gasteiger partial charge on any atom is -0.371 e. The number of rotatable bonds is 4. The predicted octanol–water partition coefficient (Wildman–Crippen LogP) is 2.40. The van der Waals surface area contributed by atoms with Gasteiger partial charge in [-0.2, -0.15) is 0 Å². The molecule has 0 atom stereocenters. The van der Waals surface area contributed by atoms with E-state index < -0.39 is 5.54 Å². The Morgan fingerprint density at radius 2 is 1.81 bits per heavy atom. The summed E-state index contributed by atoms with van der Waals surface area (Å²) in [6.07, 6.45) is 4.06. The third-order valence-electron chi connectivity index (χ3n) is 4.86. The molecular weight excluding hydrogens is 347 g/mol. The third-order valence-corrected chi connectivity index (χ3v) is 4.86. The summed E-state index contributed by atoms with van der Waals surface area (Å²) >= 11 is 0. The molecule has 0 spiro atoms. The molecule has 1 aromatic carbocycles. The number of likely N-dealkylation sites (tertiary alicyclic amines) is 1. The molecule has 6 nitrogen and oxygen atoms in total. The maximum Gasteiger partial charge on any atom is 0.253 e. The molecule has 2 amide bonds. The van der Waals surface area contributed by atoms with Gasteiger partial charge in [0.05, 0.1) is 0 Å². The molecule has 1 saturated heterocycles. The molecule has 0 bridgehead atoms. The Kier molecular flexibility index (Phi) is 5.39. The van der Waals surface area contributed by atoms with Gasteiger partial charge in [-0.1, -0.05) is 6.07 Å². The van der Waals surface area contributed by atoms with Gasteiger partial charge in [0.2, 0.25) is 5.91 Å². The van der Waals surface area contributed by atoms with Crippen molar-refractivity contribution in [3.05, 3.63) is 60.2 Å². The van der Waals surface area contributed by atoms with Crippen molar-refractivity contribution in [2.45, 2.75) is 18.4 Å². The van der Waals surface area contributed by atoms with E-state index in [0.29, 0.717) is 37.2 Å². The first kappa shape index (κ1) is 18.8. The predicted molar refractivity (Wildman–Crippen MR) is 101 cm³/mol. The number of piperidine rings is 1. The van der Waals surface area contributed by atoms with Crippen molar-refractivity contribution in [1.29, 1.82) is 0 Å². The highest BCUT2D eigenvalue weighted by Gasteiger charge is 2.43. The average Bonchev–Trinajstić information content (AvgIpc) is 2.68. The molecule has 27 heavy (non-hydrogen) atoms. The second kappa shape index (κ2) is 7.73. The molecule has 1 aliphatic heterocycles. The number of hydrogen-bond acceptors (Lipinski definition) is 4. The summed E-state index contributed by atoms with van der Waals surface area (Å²) in [6.45, 7) is 0.867. The Morgan fingerprint density at radius 1 is 1.15 bits per heavy atom. The first-order valence-electron chi connectivity index (χ1n) is 8.86. The number of halogens is 1. The number of likely N-dealkylation sites (N-methyl/N-ethyl adjacent to an activating group) is 1. The van der Waals surface area contributed by atoms with Gasteiger partial charge in [0.15, 0.2) is 0 Å². The summed E-state index contributed by atoms with van der Waals surface area (Å²) in [6, 6.07) is 9.44. The monoisotopic (exact) mass is 370 g/mol. The van der Waals surface area contributed by atoms with Gasteiger partial charge in [0, 0.05) is 50.8 Å². The number of carbonyl (C=O) groups excluding carboxylic acids is 2. The summed E-state index contributed by atoms with van der Waals surface area (Å²) in [4.78, 5) is 32.8. The van der Waals surface area contributed by atoms with E-state index in [1.54, 1.807) is 55.7 Å². The molecule has 3 rings (SSSR count). The summed E-state index contributed by atoms with van der Waals surface area (Å²) < 4.78 is 13.6. The summed E-state index contributed by atoms with van der Waals surface area (Å²) in [7, 11) is 3.40. The fraction of sp³-hybridized carbons (Fsp3) is 0.350. The van der Waals surface area contributed by atoms with Gasteiger partial charge in [0.25, 0.3) is 5.91 Å². The molecule has 7 heteroatoms. The summed E-state index contributed by atoms with van der Waals surface area (Å²) in [5.41, 5.74) is 0.264. The largest absolute Gasteiger partial charge is 0.371 e. The first-order chi connectivity index (χ1) is 12.9. The number of pyridine rings is 1. The van der Waals surface area contributed by atoms with Crippen LogP contribution < -0.4 is 5.32 Å². The number of anilines is 1. The molecular formula is C20H23FN4O2. The van der Waals surface area contributed by atoms with E-state index in [4.69, 9.17) is 0 Å². The minimum absolute atomic E-state index is 0.0749. The topological polar surface area (TPSA) is 65.5 Å². The average molecular weight is 370 g/mol. The van der Waals surface area contributed by atoms with Gasteiger partial charge in [-0.3, -0.25) is 14.6 Å². The normalized spacial score (nSPS) is 15.9. The zero-order valence-electron chi connectivity index (χ0n) is 15.5. The van der Waals surface area contributed by atoms with Crippen molar-refractivity contribution in [2.24, 2.45) is 0 Å². The molecule has 1 aliphatic rings. The van der Waals surface area contributed by atoms with E-state index in [9.17, 15) is 14.0 Å². The lowest BCUT2D eigenvalue weighted by Crippen LogP contribution is -2.58. The Labute approximate surface area is 158 Å². The molecule has 0 saturated carbocycles. The van der Waals surface area contributed by atoms with Crippen LogP contribution in [0, 0.1) is 5.82 Å². The van der Waals surface area contributed by atoms with Gasteiger partial charge >= 0.3 is 0 Å². The quantitative estimate of drug-likeness (QED) is 0.898. The van der Waals surface area contributed by atoms with Crippen molar-refractivity contribution in [3.63, 3.8) is 0 Å². The van der Waals surface area contributed by atoms with Gasteiger partial charge in [-0.05, 0) is 43.2 Å². The van der Waals surface area contributed by atoms with E-state index in [0.717, 1.165) is 0 Å². The third kappa shape index (κ3) is 4.07. The van der Waals surface area contributed by atoms with Crippen molar-refractivity contribution in [3.8, 4) is 0 Å².